The van der Waals surface area contributed by atoms with E-state index in [0.29, 0.717) is 32.5 Å². The van der Waals surface area contributed by atoms with Gasteiger partial charge in [-0.25, -0.2) is 4.79 Å². The summed E-state index contributed by atoms with van der Waals surface area (Å²) < 4.78 is 5.16. The molecule has 1 aliphatic heterocycles. The molecule has 104 valence electrons. The second-order valence-electron chi connectivity index (χ2n) is 5.26. The van der Waals surface area contributed by atoms with E-state index in [-0.39, 0.29) is 11.8 Å². The number of aliphatic carboxylic acids is 1. The summed E-state index contributed by atoms with van der Waals surface area (Å²) in [7, 11) is 0. The van der Waals surface area contributed by atoms with Crippen LogP contribution < -0.4 is 11.1 Å². The van der Waals surface area contributed by atoms with Crippen molar-refractivity contribution >= 4 is 11.9 Å². The monoisotopic (exact) mass is 258 g/mol. The number of carboxylic acids is 1. The molecular weight excluding hydrogens is 236 g/mol. The fourth-order valence-corrected chi connectivity index (χ4v) is 1.96. The largest absolute Gasteiger partial charge is 0.480 e. The molecule has 1 rings (SSSR count). The molecule has 0 aromatic heterocycles. The highest BCUT2D eigenvalue weighted by Gasteiger charge is 2.37. The zero-order chi connectivity index (χ0) is 13.8. The molecule has 0 radical (unpaired) electrons. The number of amides is 1. The summed E-state index contributed by atoms with van der Waals surface area (Å²) in [5, 5.41) is 11.6. The minimum absolute atomic E-state index is 0.190. The number of carboxylic acid groups (broad SMARTS) is 1. The van der Waals surface area contributed by atoms with E-state index in [9.17, 15) is 9.59 Å². The maximum absolute atomic E-state index is 12.1. The summed E-state index contributed by atoms with van der Waals surface area (Å²) in [6.07, 6.45) is 1.24. The molecule has 0 bridgehead atoms. The summed E-state index contributed by atoms with van der Waals surface area (Å²) in [4.78, 5) is 23.1. The SMILES string of the molecule is CC(C)C[C@H](NC(=O)C1(N)CCOCC1)C(=O)O. The second kappa shape index (κ2) is 6.15. The van der Waals surface area contributed by atoms with Crippen LogP contribution in [-0.2, 0) is 14.3 Å². The molecule has 4 N–H and O–H groups in total. The number of nitrogens with one attached hydrogen (secondary N) is 1. The summed E-state index contributed by atoms with van der Waals surface area (Å²) in [6, 6.07) is -0.874. The number of hydrogen-bond donors (Lipinski definition) is 3. The molecule has 18 heavy (non-hydrogen) atoms. The quantitative estimate of drug-likeness (QED) is 0.649. The van der Waals surface area contributed by atoms with Gasteiger partial charge in [-0.2, -0.15) is 0 Å². The molecule has 1 fully saturated rings. The van der Waals surface area contributed by atoms with Crippen LogP contribution >= 0.6 is 0 Å². The van der Waals surface area contributed by atoms with Crippen LogP contribution in [0.25, 0.3) is 0 Å². The number of rotatable bonds is 5. The lowest BCUT2D eigenvalue weighted by molar-refractivity contribution is -0.144. The van der Waals surface area contributed by atoms with Gasteiger partial charge in [0.05, 0.1) is 5.54 Å². The summed E-state index contributed by atoms with van der Waals surface area (Å²) in [5.74, 6) is -1.22. The standard InChI is InChI=1S/C12H22N2O4/c1-8(2)7-9(10(15)16)14-11(17)12(13)3-5-18-6-4-12/h8-9H,3-7,13H2,1-2H3,(H,14,17)(H,15,16)/t9-/m0/s1. The number of nitrogens with two attached hydrogens (primary N) is 1. The Balaban J connectivity index is 2.62. The van der Waals surface area contributed by atoms with Crippen LogP contribution in [0.5, 0.6) is 0 Å². The summed E-state index contributed by atoms with van der Waals surface area (Å²) >= 11 is 0. The van der Waals surface area contributed by atoms with Crippen LogP contribution in [0.4, 0.5) is 0 Å². The average molecular weight is 258 g/mol. The van der Waals surface area contributed by atoms with Gasteiger partial charge in [0.1, 0.15) is 6.04 Å². The number of carbonyl (C=O) groups excluding carboxylic acids is 1. The fraction of sp³-hybridized carbons (Fsp3) is 0.833. The smallest absolute Gasteiger partial charge is 0.326 e. The van der Waals surface area contributed by atoms with Gasteiger partial charge in [0.15, 0.2) is 0 Å². The molecule has 0 unspecified atom stereocenters. The van der Waals surface area contributed by atoms with Crippen molar-refractivity contribution in [1.29, 1.82) is 0 Å². The molecule has 6 nitrogen and oxygen atoms in total. The van der Waals surface area contributed by atoms with Gasteiger partial charge in [-0.1, -0.05) is 13.8 Å². The summed E-state index contributed by atoms with van der Waals surface area (Å²) in [6.45, 7) is 4.70. The predicted octanol–water partition coefficient (Wildman–Crippen LogP) is 0.110. The van der Waals surface area contributed by atoms with E-state index in [1.807, 2.05) is 13.8 Å². The Labute approximate surface area is 107 Å². The van der Waals surface area contributed by atoms with Crippen LogP contribution in [0.15, 0.2) is 0 Å². The molecule has 1 aliphatic rings. The summed E-state index contributed by atoms with van der Waals surface area (Å²) in [5.41, 5.74) is 5.00. The van der Waals surface area contributed by atoms with Crippen molar-refractivity contribution in [1.82, 2.24) is 5.32 Å². The lowest BCUT2D eigenvalue weighted by atomic mass is 9.89. The highest BCUT2D eigenvalue weighted by atomic mass is 16.5. The molecule has 0 aromatic carbocycles. The molecule has 6 heteroatoms. The first kappa shape index (κ1) is 14.9. The Morgan fingerprint density at radius 3 is 2.39 bits per heavy atom. The average Bonchev–Trinajstić information content (AvgIpc) is 2.28. The van der Waals surface area contributed by atoms with E-state index in [1.165, 1.54) is 0 Å². The molecule has 0 aliphatic carbocycles. The van der Waals surface area contributed by atoms with Crippen molar-refractivity contribution < 1.29 is 19.4 Å². The molecule has 1 saturated heterocycles. The minimum Gasteiger partial charge on any atom is -0.480 e. The topological polar surface area (TPSA) is 102 Å². The van der Waals surface area contributed by atoms with Gasteiger partial charge < -0.3 is 20.9 Å². The van der Waals surface area contributed by atoms with Gasteiger partial charge in [0.25, 0.3) is 0 Å². The molecule has 0 aromatic rings. The molecule has 1 atom stereocenters. The van der Waals surface area contributed by atoms with Crippen LogP contribution in [0.1, 0.15) is 33.1 Å². The van der Waals surface area contributed by atoms with Crippen LogP contribution in [0.2, 0.25) is 0 Å². The highest BCUT2D eigenvalue weighted by Crippen LogP contribution is 2.18. The van der Waals surface area contributed by atoms with Gasteiger partial charge in [-0.05, 0) is 25.2 Å². The normalized spacial score (nSPS) is 20.4. The van der Waals surface area contributed by atoms with Crippen molar-refractivity contribution in [2.45, 2.75) is 44.7 Å². The lowest BCUT2D eigenvalue weighted by Gasteiger charge is -2.33. The predicted molar refractivity (Wildman–Crippen MR) is 66.0 cm³/mol. The van der Waals surface area contributed by atoms with Crippen molar-refractivity contribution in [2.75, 3.05) is 13.2 Å². The number of ether oxygens (including phenoxy) is 1. The zero-order valence-electron chi connectivity index (χ0n) is 10.9. The Morgan fingerprint density at radius 1 is 1.39 bits per heavy atom. The molecule has 1 amide bonds. The number of hydrogen-bond acceptors (Lipinski definition) is 4. The van der Waals surface area contributed by atoms with E-state index < -0.39 is 17.6 Å². The van der Waals surface area contributed by atoms with E-state index >= 15 is 0 Å². The first-order chi connectivity index (χ1) is 8.35. The molecule has 1 heterocycles. The number of carbonyl (C=O) groups is 2. The maximum Gasteiger partial charge on any atom is 0.326 e. The molecule has 0 spiro atoms. The van der Waals surface area contributed by atoms with Gasteiger partial charge in [-0.3, -0.25) is 4.79 Å². The van der Waals surface area contributed by atoms with E-state index in [4.69, 9.17) is 15.6 Å². The fourth-order valence-electron chi connectivity index (χ4n) is 1.96. The Kier molecular flexibility index (Phi) is 5.10. The van der Waals surface area contributed by atoms with Crippen LogP contribution in [-0.4, -0.2) is 41.8 Å². The highest BCUT2D eigenvalue weighted by molar-refractivity contribution is 5.90. The van der Waals surface area contributed by atoms with Gasteiger partial charge in [0.2, 0.25) is 5.91 Å². The maximum atomic E-state index is 12.1. The molecule has 0 saturated carbocycles. The first-order valence-electron chi connectivity index (χ1n) is 6.25. The lowest BCUT2D eigenvalue weighted by Crippen LogP contribution is -2.59. The second-order valence-corrected chi connectivity index (χ2v) is 5.26. The van der Waals surface area contributed by atoms with Crippen molar-refractivity contribution in [2.24, 2.45) is 11.7 Å². The Morgan fingerprint density at radius 2 is 1.94 bits per heavy atom. The third-order valence-electron chi connectivity index (χ3n) is 3.15. The molecular formula is C12H22N2O4. The van der Waals surface area contributed by atoms with Gasteiger partial charge in [0, 0.05) is 13.2 Å². The third-order valence-corrected chi connectivity index (χ3v) is 3.15. The van der Waals surface area contributed by atoms with Gasteiger partial charge in [-0.15, -0.1) is 0 Å². The zero-order valence-corrected chi connectivity index (χ0v) is 10.9. The van der Waals surface area contributed by atoms with Crippen molar-refractivity contribution in [3.05, 3.63) is 0 Å². The van der Waals surface area contributed by atoms with E-state index in [2.05, 4.69) is 5.32 Å². The van der Waals surface area contributed by atoms with Crippen LogP contribution in [0, 0.1) is 5.92 Å². The Hall–Kier alpha value is -1.14. The van der Waals surface area contributed by atoms with Gasteiger partial charge >= 0.3 is 5.97 Å². The van der Waals surface area contributed by atoms with Crippen LogP contribution in [0.3, 0.4) is 0 Å². The first-order valence-corrected chi connectivity index (χ1v) is 6.25. The van der Waals surface area contributed by atoms with E-state index in [1.54, 1.807) is 0 Å². The Bertz CT molecular complexity index is 311. The minimum atomic E-state index is -1.02. The van der Waals surface area contributed by atoms with Crippen molar-refractivity contribution in [3.63, 3.8) is 0 Å². The third kappa shape index (κ3) is 3.96. The van der Waals surface area contributed by atoms with E-state index in [0.717, 1.165) is 0 Å². The van der Waals surface area contributed by atoms with Crippen molar-refractivity contribution in [3.8, 4) is 0 Å².